The first-order valence-electron chi connectivity index (χ1n) is 6.92. The van der Waals surface area contributed by atoms with E-state index in [0.29, 0.717) is 0 Å². The van der Waals surface area contributed by atoms with E-state index in [1.165, 1.54) is 0 Å². The zero-order valence-corrected chi connectivity index (χ0v) is 12.6. The molecule has 2 atom stereocenters. The van der Waals surface area contributed by atoms with Crippen LogP contribution in [0.2, 0.25) is 0 Å². The lowest BCUT2D eigenvalue weighted by molar-refractivity contribution is -0.142. The maximum Gasteiger partial charge on any atom is 0.231 e. The van der Waals surface area contributed by atoms with Crippen molar-refractivity contribution in [1.82, 2.24) is 0 Å². The molecule has 2 rings (SSSR count). The van der Waals surface area contributed by atoms with Crippen LogP contribution in [0, 0.1) is 10.8 Å². The number of carbonyl (C=O) groups is 2. The minimum atomic E-state index is -1.44. The van der Waals surface area contributed by atoms with E-state index < -0.39 is 28.8 Å². The smallest absolute Gasteiger partial charge is 0.231 e. The molecule has 1 aliphatic carbocycles. The second-order valence-corrected chi connectivity index (χ2v) is 6.59. The standard InChI is InChI=1S/C17H21NO3/c1-15(2,3)17(11-20)13-7-5-4-6-12(13)8-9-16(17,10-19)14(18)21/h4-9,11,19H,10H2,1-3H3,(H2,18,21). The summed E-state index contributed by atoms with van der Waals surface area (Å²) in [7, 11) is 0. The number of nitrogens with two attached hydrogens (primary N) is 1. The highest BCUT2D eigenvalue weighted by molar-refractivity contribution is 5.95. The average molecular weight is 287 g/mol. The van der Waals surface area contributed by atoms with Gasteiger partial charge in [0, 0.05) is 0 Å². The van der Waals surface area contributed by atoms with Gasteiger partial charge < -0.3 is 15.6 Å². The maximum absolute atomic E-state index is 12.2. The van der Waals surface area contributed by atoms with Crippen LogP contribution in [0.4, 0.5) is 0 Å². The molecule has 112 valence electrons. The Balaban J connectivity index is 2.94. The van der Waals surface area contributed by atoms with E-state index in [2.05, 4.69) is 0 Å². The molecule has 0 aliphatic heterocycles. The predicted octanol–water partition coefficient (Wildman–Crippen LogP) is 1.66. The van der Waals surface area contributed by atoms with Gasteiger partial charge in [-0.15, -0.1) is 0 Å². The van der Waals surface area contributed by atoms with Crippen LogP contribution in [0.15, 0.2) is 30.3 Å². The van der Waals surface area contributed by atoms with E-state index in [0.717, 1.165) is 17.4 Å². The summed E-state index contributed by atoms with van der Waals surface area (Å²) in [6.07, 6.45) is 4.11. The summed E-state index contributed by atoms with van der Waals surface area (Å²) in [5.74, 6) is -0.697. The summed E-state index contributed by atoms with van der Waals surface area (Å²) in [6, 6.07) is 7.41. The van der Waals surface area contributed by atoms with Crippen LogP contribution < -0.4 is 5.73 Å². The molecule has 21 heavy (non-hydrogen) atoms. The normalized spacial score (nSPS) is 28.0. The van der Waals surface area contributed by atoms with Crippen molar-refractivity contribution in [3.8, 4) is 0 Å². The first kappa shape index (κ1) is 15.4. The fraction of sp³-hybridized carbons (Fsp3) is 0.412. The van der Waals surface area contributed by atoms with Crippen LogP contribution >= 0.6 is 0 Å². The van der Waals surface area contributed by atoms with Crippen LogP contribution in [0.3, 0.4) is 0 Å². The molecule has 0 aromatic heterocycles. The molecule has 4 nitrogen and oxygen atoms in total. The topological polar surface area (TPSA) is 80.4 Å². The van der Waals surface area contributed by atoms with E-state index in [1.54, 1.807) is 12.2 Å². The summed E-state index contributed by atoms with van der Waals surface area (Å²) in [6.45, 7) is 5.13. The van der Waals surface area contributed by atoms with Gasteiger partial charge in [0.25, 0.3) is 0 Å². The van der Waals surface area contributed by atoms with Gasteiger partial charge in [0.05, 0.1) is 12.0 Å². The second-order valence-electron chi connectivity index (χ2n) is 6.59. The van der Waals surface area contributed by atoms with Crippen LogP contribution in [0.25, 0.3) is 6.08 Å². The van der Waals surface area contributed by atoms with Gasteiger partial charge in [-0.1, -0.05) is 57.2 Å². The van der Waals surface area contributed by atoms with E-state index >= 15 is 0 Å². The Morgan fingerprint density at radius 1 is 1.33 bits per heavy atom. The lowest BCUT2D eigenvalue weighted by atomic mass is 9.47. The highest BCUT2D eigenvalue weighted by atomic mass is 16.3. The average Bonchev–Trinajstić information content (AvgIpc) is 2.44. The number of carbonyl (C=O) groups excluding carboxylic acids is 2. The predicted molar refractivity (Wildman–Crippen MR) is 81.4 cm³/mol. The fourth-order valence-electron chi connectivity index (χ4n) is 3.56. The molecule has 0 saturated carbocycles. The molecule has 1 aliphatic rings. The molecule has 1 aromatic rings. The number of hydrogen-bond donors (Lipinski definition) is 2. The Bertz CT molecular complexity index is 615. The van der Waals surface area contributed by atoms with Gasteiger partial charge in [0.15, 0.2) is 0 Å². The van der Waals surface area contributed by atoms with Crippen molar-refractivity contribution in [2.75, 3.05) is 6.61 Å². The quantitative estimate of drug-likeness (QED) is 0.830. The van der Waals surface area contributed by atoms with Crippen molar-refractivity contribution in [2.24, 2.45) is 16.6 Å². The first-order chi connectivity index (χ1) is 9.77. The molecule has 0 bridgehead atoms. The van der Waals surface area contributed by atoms with Gasteiger partial charge in [-0.05, 0) is 16.5 Å². The maximum atomic E-state index is 12.2. The Kier molecular flexibility index (Phi) is 3.54. The lowest BCUT2D eigenvalue weighted by Crippen LogP contribution is -2.62. The van der Waals surface area contributed by atoms with E-state index in [4.69, 9.17) is 5.73 Å². The van der Waals surface area contributed by atoms with Gasteiger partial charge >= 0.3 is 0 Å². The molecular formula is C17H21NO3. The minimum Gasteiger partial charge on any atom is -0.395 e. The summed E-state index contributed by atoms with van der Waals surface area (Å²) < 4.78 is 0. The fourth-order valence-corrected chi connectivity index (χ4v) is 3.56. The summed E-state index contributed by atoms with van der Waals surface area (Å²) in [5.41, 5.74) is 3.94. The third-order valence-electron chi connectivity index (χ3n) is 4.69. The molecule has 1 aromatic carbocycles. The van der Waals surface area contributed by atoms with Crippen molar-refractivity contribution in [2.45, 2.75) is 26.2 Å². The second kappa shape index (κ2) is 4.81. The van der Waals surface area contributed by atoms with Gasteiger partial charge in [-0.25, -0.2) is 0 Å². The van der Waals surface area contributed by atoms with Crippen molar-refractivity contribution < 1.29 is 14.7 Å². The number of hydrogen-bond acceptors (Lipinski definition) is 3. The largest absolute Gasteiger partial charge is 0.395 e. The minimum absolute atomic E-state index is 0.511. The number of primary amides is 1. The molecule has 4 heteroatoms. The number of aliphatic hydroxyl groups is 1. The zero-order valence-electron chi connectivity index (χ0n) is 12.6. The van der Waals surface area contributed by atoms with Crippen LogP contribution in [0.5, 0.6) is 0 Å². The molecule has 3 N–H and O–H groups in total. The van der Waals surface area contributed by atoms with Crippen LogP contribution in [-0.2, 0) is 15.0 Å². The number of aliphatic hydroxyl groups excluding tert-OH is 1. The van der Waals surface area contributed by atoms with Gasteiger partial charge in [-0.3, -0.25) is 4.79 Å². The molecule has 0 spiro atoms. The molecule has 0 heterocycles. The monoisotopic (exact) mass is 287 g/mol. The number of amides is 1. The highest BCUT2D eigenvalue weighted by Gasteiger charge is 2.62. The molecule has 0 radical (unpaired) electrons. The zero-order chi connectivity index (χ0) is 15.9. The van der Waals surface area contributed by atoms with Crippen molar-refractivity contribution in [3.63, 3.8) is 0 Å². The van der Waals surface area contributed by atoms with Gasteiger partial charge in [0.1, 0.15) is 11.7 Å². The SMILES string of the molecule is CC(C)(C)C1(C=O)c2ccccc2C=CC1(CO)C(N)=O. The number of fused-ring (bicyclic) bond motifs is 1. The van der Waals surface area contributed by atoms with Crippen LogP contribution in [0.1, 0.15) is 31.9 Å². The van der Waals surface area contributed by atoms with Crippen molar-refractivity contribution >= 4 is 18.3 Å². The molecule has 0 saturated heterocycles. The Hall–Kier alpha value is -1.94. The van der Waals surface area contributed by atoms with Gasteiger partial charge in [0.2, 0.25) is 5.91 Å². The molecule has 1 amide bonds. The Morgan fingerprint density at radius 2 is 1.95 bits per heavy atom. The molecular weight excluding hydrogens is 266 g/mol. The molecule has 0 fully saturated rings. The summed E-state index contributed by atoms with van der Waals surface area (Å²) in [5, 5.41) is 9.96. The number of benzene rings is 1. The van der Waals surface area contributed by atoms with E-state index in [-0.39, 0.29) is 0 Å². The third kappa shape index (κ3) is 1.79. The number of aldehydes is 1. The van der Waals surface area contributed by atoms with E-state index in [9.17, 15) is 14.7 Å². The van der Waals surface area contributed by atoms with Gasteiger partial charge in [-0.2, -0.15) is 0 Å². The first-order valence-corrected chi connectivity index (χ1v) is 6.92. The summed E-state index contributed by atoms with van der Waals surface area (Å²) >= 11 is 0. The van der Waals surface area contributed by atoms with Crippen molar-refractivity contribution in [3.05, 3.63) is 41.5 Å². The molecule has 2 unspecified atom stereocenters. The van der Waals surface area contributed by atoms with E-state index in [1.807, 2.05) is 45.0 Å². The van der Waals surface area contributed by atoms with Crippen LogP contribution in [-0.4, -0.2) is 23.9 Å². The number of rotatable bonds is 3. The highest BCUT2D eigenvalue weighted by Crippen LogP contribution is 2.56. The third-order valence-corrected chi connectivity index (χ3v) is 4.69. The summed E-state index contributed by atoms with van der Waals surface area (Å²) in [4.78, 5) is 24.4. The van der Waals surface area contributed by atoms with Crippen molar-refractivity contribution in [1.29, 1.82) is 0 Å². The Labute approximate surface area is 124 Å². The Morgan fingerprint density at radius 3 is 2.43 bits per heavy atom. The lowest BCUT2D eigenvalue weighted by Gasteiger charge is -2.53.